The van der Waals surface area contributed by atoms with Crippen molar-refractivity contribution in [2.45, 2.75) is 58.1 Å². The molecule has 0 aliphatic carbocycles. The van der Waals surface area contributed by atoms with Gasteiger partial charge in [0.05, 0.1) is 24.3 Å². The number of benzene rings is 1. The number of carbonyl (C=O) groups excluding carboxylic acids is 1. The van der Waals surface area contributed by atoms with E-state index in [1.54, 1.807) is 0 Å². The Hall–Kier alpha value is -2.87. The van der Waals surface area contributed by atoms with Crippen LogP contribution in [0, 0.1) is 5.92 Å². The van der Waals surface area contributed by atoms with Crippen molar-refractivity contribution in [1.29, 1.82) is 0 Å². The molecule has 2 aliphatic rings. The second kappa shape index (κ2) is 10.2. The number of carbonyl (C=O) groups is 2. The molecule has 1 N–H and O–H groups in total. The number of rotatable bonds is 5. The van der Waals surface area contributed by atoms with Gasteiger partial charge in [-0.15, -0.1) is 0 Å². The predicted molar refractivity (Wildman–Crippen MR) is 132 cm³/mol. The number of amides is 1. The summed E-state index contributed by atoms with van der Waals surface area (Å²) in [5.74, 6) is 0.253. The highest BCUT2D eigenvalue weighted by molar-refractivity contribution is 5.81. The molecule has 1 aromatic carbocycles. The lowest BCUT2D eigenvalue weighted by Crippen LogP contribution is -2.40. The maximum Gasteiger partial charge on any atom is 0.407 e. The third-order valence-electron chi connectivity index (χ3n) is 6.67. The lowest BCUT2D eigenvalue weighted by atomic mass is 9.96. The normalized spacial score (nSPS) is 19.2. The summed E-state index contributed by atoms with van der Waals surface area (Å²) in [4.78, 5) is 26.9. The van der Waals surface area contributed by atoms with Crippen molar-refractivity contribution in [3.8, 4) is 0 Å². The smallest absolute Gasteiger partial charge is 0.407 e. The van der Waals surface area contributed by atoms with E-state index in [1.165, 1.54) is 4.90 Å². The molecule has 0 saturated carbocycles. The molecular formula is C26H36N4O4. The number of piperidine rings is 2. The number of ether oxygens (including phenoxy) is 1. The second-order valence-corrected chi connectivity index (χ2v) is 10.5. The van der Waals surface area contributed by atoms with Crippen molar-refractivity contribution in [3.05, 3.63) is 36.0 Å². The number of allylic oxidation sites excluding steroid dienone is 1. The fraction of sp³-hybridized carbons (Fsp3) is 0.577. The Morgan fingerprint density at radius 3 is 2.47 bits per heavy atom. The van der Waals surface area contributed by atoms with Crippen LogP contribution in [-0.4, -0.2) is 75.1 Å². The van der Waals surface area contributed by atoms with Crippen molar-refractivity contribution in [1.82, 2.24) is 19.6 Å². The van der Waals surface area contributed by atoms with E-state index >= 15 is 0 Å². The molecule has 3 heterocycles. The number of nitrogens with zero attached hydrogens (tertiary/aromatic N) is 4. The zero-order valence-corrected chi connectivity index (χ0v) is 20.4. The first-order chi connectivity index (χ1) is 16.2. The highest BCUT2D eigenvalue weighted by Crippen LogP contribution is 2.28. The van der Waals surface area contributed by atoms with E-state index in [0.717, 1.165) is 55.2 Å². The average Bonchev–Trinajstić information content (AvgIpc) is 3.20. The third-order valence-corrected chi connectivity index (χ3v) is 6.67. The van der Waals surface area contributed by atoms with Crippen molar-refractivity contribution in [3.63, 3.8) is 0 Å². The minimum atomic E-state index is -0.821. The molecule has 0 bridgehead atoms. The largest absolute Gasteiger partial charge is 0.465 e. The molecule has 0 spiro atoms. The Bertz CT molecular complexity index is 1040. The highest BCUT2D eigenvalue weighted by Gasteiger charge is 2.25. The first-order valence-electron chi connectivity index (χ1n) is 12.3. The molecule has 34 heavy (non-hydrogen) atoms. The van der Waals surface area contributed by atoms with Crippen molar-refractivity contribution in [2.24, 2.45) is 5.92 Å². The van der Waals surface area contributed by atoms with Crippen LogP contribution in [-0.2, 0) is 9.53 Å². The quantitative estimate of drug-likeness (QED) is 0.654. The van der Waals surface area contributed by atoms with Crippen molar-refractivity contribution < 1.29 is 19.4 Å². The Balaban J connectivity index is 1.32. The molecule has 1 aromatic heterocycles. The number of fused-ring (bicyclic) bond motifs is 1. The average molecular weight is 469 g/mol. The van der Waals surface area contributed by atoms with Gasteiger partial charge in [0.25, 0.3) is 0 Å². The van der Waals surface area contributed by atoms with Gasteiger partial charge < -0.3 is 14.7 Å². The number of hydrogen-bond acceptors (Lipinski definition) is 5. The predicted octanol–water partition coefficient (Wildman–Crippen LogP) is 4.42. The van der Waals surface area contributed by atoms with Crippen LogP contribution in [0.2, 0.25) is 0 Å². The number of hydrogen-bond donors (Lipinski definition) is 1. The topological polar surface area (TPSA) is 87.9 Å². The number of aromatic nitrogens is 2. The van der Waals surface area contributed by atoms with Crippen LogP contribution in [0.5, 0.6) is 0 Å². The van der Waals surface area contributed by atoms with E-state index in [1.807, 2.05) is 27.0 Å². The van der Waals surface area contributed by atoms with Crippen LogP contribution in [0.3, 0.4) is 0 Å². The number of likely N-dealkylation sites (tertiary alicyclic amines) is 2. The lowest BCUT2D eigenvalue weighted by Gasteiger charge is -2.32. The molecule has 1 amide bonds. The summed E-state index contributed by atoms with van der Waals surface area (Å²) < 4.78 is 7.59. The van der Waals surface area contributed by atoms with Gasteiger partial charge in [-0.05, 0) is 70.1 Å². The summed E-state index contributed by atoms with van der Waals surface area (Å²) in [6.07, 6.45) is 9.12. The minimum Gasteiger partial charge on any atom is -0.465 e. The highest BCUT2D eigenvalue weighted by atomic mass is 16.6. The standard InChI is InChI=1S/C26H36N4O4/c1-26(2,3)34-24(31)18-28-12-10-22(11-13-28)30-23-7-6-20(16-21(23)17-27-30)5-4-19-8-14-29(15-9-19)25(32)33/h4-7,16-17,19,22H,8-15,18H2,1-3H3,(H,32,33). The van der Waals surface area contributed by atoms with Gasteiger partial charge in [0.15, 0.2) is 0 Å². The summed E-state index contributed by atoms with van der Waals surface area (Å²) >= 11 is 0. The molecule has 8 nitrogen and oxygen atoms in total. The minimum absolute atomic E-state index is 0.163. The van der Waals surface area contributed by atoms with Crippen LogP contribution >= 0.6 is 0 Å². The van der Waals surface area contributed by atoms with Gasteiger partial charge in [-0.2, -0.15) is 5.10 Å². The molecular weight excluding hydrogens is 432 g/mol. The molecule has 0 atom stereocenters. The third kappa shape index (κ3) is 6.17. The maximum absolute atomic E-state index is 12.1. The summed E-state index contributed by atoms with van der Waals surface area (Å²) in [5.41, 5.74) is 1.83. The number of carboxylic acid groups (broad SMARTS) is 1. The zero-order valence-electron chi connectivity index (χ0n) is 20.4. The van der Waals surface area contributed by atoms with E-state index in [-0.39, 0.29) is 5.97 Å². The van der Waals surface area contributed by atoms with E-state index < -0.39 is 11.7 Å². The van der Waals surface area contributed by atoms with Gasteiger partial charge in [0, 0.05) is 31.6 Å². The van der Waals surface area contributed by atoms with Gasteiger partial charge in [0.1, 0.15) is 5.60 Å². The zero-order chi connectivity index (χ0) is 24.3. The van der Waals surface area contributed by atoms with Gasteiger partial charge in [-0.1, -0.05) is 18.2 Å². The number of esters is 1. The molecule has 2 aliphatic heterocycles. The Morgan fingerprint density at radius 2 is 1.82 bits per heavy atom. The first kappa shape index (κ1) is 24.3. The van der Waals surface area contributed by atoms with E-state index in [0.29, 0.717) is 31.6 Å². The van der Waals surface area contributed by atoms with E-state index in [9.17, 15) is 9.59 Å². The van der Waals surface area contributed by atoms with Crippen molar-refractivity contribution in [2.75, 3.05) is 32.7 Å². The van der Waals surface area contributed by atoms with Crippen molar-refractivity contribution >= 4 is 29.0 Å². The molecule has 2 saturated heterocycles. The molecule has 2 aromatic rings. The first-order valence-corrected chi connectivity index (χ1v) is 12.3. The van der Waals surface area contributed by atoms with Crippen LogP contribution in [0.15, 0.2) is 30.5 Å². The maximum atomic E-state index is 12.1. The molecule has 0 unspecified atom stereocenters. The van der Waals surface area contributed by atoms with Gasteiger partial charge >= 0.3 is 12.1 Å². The lowest BCUT2D eigenvalue weighted by molar-refractivity contribution is -0.156. The second-order valence-electron chi connectivity index (χ2n) is 10.5. The van der Waals surface area contributed by atoms with Crippen LogP contribution in [0.1, 0.15) is 58.1 Å². The monoisotopic (exact) mass is 468 g/mol. The SMILES string of the molecule is CC(C)(C)OC(=O)CN1CCC(n2ncc3cc(C=CC4CCN(C(=O)O)CC4)ccc32)CC1. The van der Waals surface area contributed by atoms with Gasteiger partial charge in [-0.25, -0.2) is 4.79 Å². The summed E-state index contributed by atoms with van der Waals surface area (Å²) in [6.45, 7) is 8.94. The van der Waals surface area contributed by atoms with Crippen LogP contribution < -0.4 is 0 Å². The van der Waals surface area contributed by atoms with Gasteiger partial charge in [-0.3, -0.25) is 14.4 Å². The molecule has 8 heteroatoms. The Morgan fingerprint density at radius 1 is 1.12 bits per heavy atom. The Kier molecular flexibility index (Phi) is 7.26. The van der Waals surface area contributed by atoms with E-state index in [2.05, 4.69) is 39.9 Å². The molecule has 4 rings (SSSR count). The molecule has 0 radical (unpaired) electrons. The summed E-state index contributed by atoms with van der Waals surface area (Å²) in [5, 5.41) is 14.9. The molecule has 184 valence electrons. The summed E-state index contributed by atoms with van der Waals surface area (Å²) in [6, 6.07) is 6.76. The molecule has 2 fully saturated rings. The van der Waals surface area contributed by atoms with Crippen LogP contribution in [0.4, 0.5) is 4.79 Å². The Labute approximate surface area is 201 Å². The summed E-state index contributed by atoms with van der Waals surface area (Å²) in [7, 11) is 0. The fourth-order valence-electron chi connectivity index (χ4n) is 4.88. The van der Waals surface area contributed by atoms with Crippen LogP contribution in [0.25, 0.3) is 17.0 Å². The van der Waals surface area contributed by atoms with E-state index in [4.69, 9.17) is 14.9 Å². The van der Waals surface area contributed by atoms with Gasteiger partial charge in [0.2, 0.25) is 0 Å². The fourth-order valence-corrected chi connectivity index (χ4v) is 4.88.